The van der Waals surface area contributed by atoms with Crippen molar-refractivity contribution in [2.45, 2.75) is 13.2 Å². The molecule has 6 nitrogen and oxygen atoms in total. The Morgan fingerprint density at radius 2 is 1.81 bits per heavy atom. The Balaban J connectivity index is 1.72. The summed E-state index contributed by atoms with van der Waals surface area (Å²) in [4.78, 5) is 13.8. The molecular weight excluding hydrogens is 358 g/mol. The van der Waals surface area contributed by atoms with Gasteiger partial charge in [-0.3, -0.25) is 9.69 Å². The first kappa shape index (κ1) is 19.0. The summed E-state index contributed by atoms with van der Waals surface area (Å²) in [5, 5.41) is 7.32. The lowest BCUT2D eigenvalue weighted by atomic mass is 10.1. The van der Waals surface area contributed by atoms with Crippen LogP contribution in [0.4, 0.5) is 0 Å². The van der Waals surface area contributed by atoms with E-state index >= 15 is 0 Å². The minimum absolute atomic E-state index is 0.0804. The van der Waals surface area contributed by atoms with Crippen molar-refractivity contribution in [3.63, 3.8) is 0 Å². The fourth-order valence-electron chi connectivity index (χ4n) is 2.91. The summed E-state index contributed by atoms with van der Waals surface area (Å²) in [6, 6.07) is 17.6. The van der Waals surface area contributed by atoms with Crippen LogP contribution < -0.4 is 5.32 Å². The molecular formula is C20H23N5OS. The van der Waals surface area contributed by atoms with E-state index in [9.17, 15) is 4.79 Å². The van der Waals surface area contributed by atoms with Gasteiger partial charge >= 0.3 is 0 Å². The lowest BCUT2D eigenvalue weighted by Crippen LogP contribution is -2.23. The van der Waals surface area contributed by atoms with Gasteiger partial charge in [0.1, 0.15) is 0 Å². The summed E-state index contributed by atoms with van der Waals surface area (Å²) in [5.74, 6) is 0.770. The van der Waals surface area contributed by atoms with E-state index in [1.807, 2.05) is 77.9 Å². The number of carbonyl (C=O) groups excluding carboxylic acids is 1. The average Bonchev–Trinajstić information content (AvgIpc) is 2.97. The van der Waals surface area contributed by atoms with Crippen molar-refractivity contribution in [2.24, 2.45) is 7.05 Å². The van der Waals surface area contributed by atoms with Crippen molar-refractivity contribution < 1.29 is 4.79 Å². The van der Waals surface area contributed by atoms with Crippen LogP contribution in [0.15, 0.2) is 54.6 Å². The maximum atomic E-state index is 11.6. The lowest BCUT2D eigenvalue weighted by molar-refractivity contribution is 0.0963. The molecule has 7 heteroatoms. The second-order valence-electron chi connectivity index (χ2n) is 6.46. The molecule has 1 N–H and O–H groups in total. The minimum atomic E-state index is -0.0804. The first-order valence-electron chi connectivity index (χ1n) is 8.68. The van der Waals surface area contributed by atoms with Gasteiger partial charge in [-0.1, -0.05) is 42.5 Å². The number of hydrogen-bond acceptors (Lipinski definition) is 4. The van der Waals surface area contributed by atoms with E-state index in [4.69, 9.17) is 17.3 Å². The van der Waals surface area contributed by atoms with Crippen LogP contribution in [0.25, 0.3) is 11.4 Å². The molecule has 0 fully saturated rings. The topological polar surface area (TPSA) is 55.1 Å². The summed E-state index contributed by atoms with van der Waals surface area (Å²) in [7, 11) is 5.58. The van der Waals surface area contributed by atoms with E-state index in [1.54, 1.807) is 7.05 Å². The molecule has 1 amide bonds. The molecule has 1 aromatic heterocycles. The molecule has 0 bridgehead atoms. The number of amides is 1. The Morgan fingerprint density at radius 3 is 2.44 bits per heavy atom. The predicted molar refractivity (Wildman–Crippen MR) is 109 cm³/mol. The highest BCUT2D eigenvalue weighted by molar-refractivity contribution is 7.71. The second-order valence-corrected chi connectivity index (χ2v) is 6.83. The van der Waals surface area contributed by atoms with Crippen molar-refractivity contribution in [2.75, 3.05) is 14.1 Å². The Labute approximate surface area is 164 Å². The zero-order valence-electron chi connectivity index (χ0n) is 15.7. The van der Waals surface area contributed by atoms with Crippen molar-refractivity contribution in [3.05, 3.63) is 70.5 Å². The SMILES string of the molecule is CNC(=O)c1ccc(CN(C)Cn2nc(-c3ccccc3)n(C)c2=S)cc1. The highest BCUT2D eigenvalue weighted by Gasteiger charge is 2.11. The number of rotatable bonds is 6. The normalized spacial score (nSPS) is 11.0. The summed E-state index contributed by atoms with van der Waals surface area (Å²) in [5.41, 5.74) is 2.82. The van der Waals surface area contributed by atoms with Crippen LogP contribution in [0.2, 0.25) is 0 Å². The molecule has 0 unspecified atom stereocenters. The van der Waals surface area contributed by atoms with Crippen LogP contribution in [0.3, 0.4) is 0 Å². The standard InChI is InChI=1S/C20H23N5OS/c1-21-19(26)17-11-9-15(10-12-17)13-23(2)14-25-20(27)24(3)18(22-25)16-7-5-4-6-8-16/h4-12H,13-14H2,1-3H3,(H,21,26). The summed E-state index contributed by atoms with van der Waals surface area (Å²) in [6.45, 7) is 1.31. The third-order valence-electron chi connectivity index (χ3n) is 4.34. The van der Waals surface area contributed by atoms with Gasteiger partial charge in [0.15, 0.2) is 10.6 Å². The number of nitrogens with one attached hydrogen (secondary N) is 1. The maximum Gasteiger partial charge on any atom is 0.251 e. The molecule has 3 rings (SSSR count). The molecule has 0 saturated carbocycles. The summed E-state index contributed by atoms with van der Waals surface area (Å²) in [6.07, 6.45) is 0. The first-order valence-corrected chi connectivity index (χ1v) is 9.09. The summed E-state index contributed by atoms with van der Waals surface area (Å²) >= 11 is 5.55. The Hall–Kier alpha value is -2.77. The van der Waals surface area contributed by atoms with Gasteiger partial charge in [0.25, 0.3) is 5.91 Å². The monoisotopic (exact) mass is 381 g/mol. The molecule has 0 saturated heterocycles. The van der Waals surface area contributed by atoms with Gasteiger partial charge in [-0.15, -0.1) is 0 Å². The molecule has 2 aromatic carbocycles. The van der Waals surface area contributed by atoms with Crippen LogP contribution in [-0.2, 0) is 20.3 Å². The molecule has 0 aliphatic heterocycles. The van der Waals surface area contributed by atoms with Crippen LogP contribution in [-0.4, -0.2) is 39.3 Å². The molecule has 0 radical (unpaired) electrons. The molecule has 1 heterocycles. The average molecular weight is 382 g/mol. The fraction of sp³-hybridized carbons (Fsp3) is 0.250. The Kier molecular flexibility index (Phi) is 5.83. The van der Waals surface area contributed by atoms with Crippen molar-refractivity contribution in [1.29, 1.82) is 0 Å². The number of benzene rings is 2. The second kappa shape index (κ2) is 8.28. The zero-order valence-corrected chi connectivity index (χ0v) is 16.5. The van der Waals surface area contributed by atoms with Crippen molar-refractivity contribution >= 4 is 18.1 Å². The maximum absolute atomic E-state index is 11.6. The minimum Gasteiger partial charge on any atom is -0.355 e. The molecule has 0 aliphatic carbocycles. The smallest absolute Gasteiger partial charge is 0.251 e. The van der Waals surface area contributed by atoms with Gasteiger partial charge in [0.2, 0.25) is 0 Å². The molecule has 0 atom stereocenters. The van der Waals surface area contributed by atoms with Crippen LogP contribution in [0, 0.1) is 4.77 Å². The summed E-state index contributed by atoms with van der Waals surface area (Å²) < 4.78 is 4.43. The van der Waals surface area contributed by atoms with E-state index < -0.39 is 0 Å². The third-order valence-corrected chi connectivity index (χ3v) is 4.83. The zero-order chi connectivity index (χ0) is 19.4. The lowest BCUT2D eigenvalue weighted by Gasteiger charge is -2.16. The highest BCUT2D eigenvalue weighted by Crippen LogP contribution is 2.17. The van der Waals surface area contributed by atoms with E-state index in [0.717, 1.165) is 23.5 Å². The molecule has 0 aliphatic rings. The number of aromatic nitrogens is 3. The third kappa shape index (κ3) is 4.32. The van der Waals surface area contributed by atoms with Gasteiger partial charge < -0.3 is 9.88 Å². The van der Waals surface area contributed by atoms with Gasteiger partial charge in [-0.2, -0.15) is 5.10 Å². The molecule has 0 spiro atoms. The number of nitrogens with zero attached hydrogens (tertiary/aromatic N) is 4. The first-order chi connectivity index (χ1) is 13.0. The van der Waals surface area contributed by atoms with E-state index in [1.165, 1.54) is 0 Å². The molecule has 27 heavy (non-hydrogen) atoms. The van der Waals surface area contributed by atoms with Gasteiger partial charge in [0, 0.05) is 31.8 Å². The van der Waals surface area contributed by atoms with Crippen LogP contribution in [0.1, 0.15) is 15.9 Å². The number of carbonyl (C=O) groups is 1. The highest BCUT2D eigenvalue weighted by atomic mass is 32.1. The number of hydrogen-bond donors (Lipinski definition) is 1. The fourth-order valence-corrected chi connectivity index (χ4v) is 3.10. The van der Waals surface area contributed by atoms with E-state index in [2.05, 4.69) is 10.2 Å². The van der Waals surface area contributed by atoms with Gasteiger partial charge in [-0.25, -0.2) is 4.68 Å². The largest absolute Gasteiger partial charge is 0.355 e. The van der Waals surface area contributed by atoms with E-state index in [0.29, 0.717) is 17.0 Å². The Morgan fingerprint density at radius 1 is 1.15 bits per heavy atom. The van der Waals surface area contributed by atoms with Gasteiger partial charge in [0.05, 0.1) is 6.67 Å². The predicted octanol–water partition coefficient (Wildman–Crippen LogP) is 3.07. The van der Waals surface area contributed by atoms with Crippen molar-refractivity contribution in [3.8, 4) is 11.4 Å². The Bertz CT molecular complexity index is 976. The van der Waals surface area contributed by atoms with Crippen molar-refractivity contribution in [1.82, 2.24) is 24.6 Å². The van der Waals surface area contributed by atoms with Crippen LogP contribution >= 0.6 is 12.2 Å². The van der Waals surface area contributed by atoms with Crippen LogP contribution in [0.5, 0.6) is 0 Å². The quantitative estimate of drug-likeness (QED) is 0.667. The van der Waals surface area contributed by atoms with Gasteiger partial charge in [-0.05, 0) is 37.0 Å². The molecule has 3 aromatic rings. The molecule has 140 valence electrons. The van der Waals surface area contributed by atoms with E-state index in [-0.39, 0.29) is 5.91 Å².